The molecule has 0 unspecified atom stereocenters. The second-order valence-corrected chi connectivity index (χ2v) is 7.03. The van der Waals surface area contributed by atoms with Crippen LogP contribution in [-0.4, -0.2) is 68.2 Å². The van der Waals surface area contributed by atoms with E-state index in [0.717, 1.165) is 18.0 Å². The maximum Gasteiger partial charge on any atom is 0.306 e. The molecule has 18 heavy (non-hydrogen) atoms. The smallest absolute Gasteiger partial charge is 0.306 e. The van der Waals surface area contributed by atoms with Gasteiger partial charge < -0.3 is 10.2 Å². The number of carbonyl (C=O) groups is 2. The van der Waals surface area contributed by atoms with Gasteiger partial charge >= 0.3 is 5.24 Å². The van der Waals surface area contributed by atoms with Crippen LogP contribution >= 0.6 is 11.8 Å². The summed E-state index contributed by atoms with van der Waals surface area (Å²) >= 11 is 1.02. The highest BCUT2D eigenvalue weighted by Crippen LogP contribution is 2.17. The predicted molar refractivity (Wildman–Crippen MR) is 70.6 cm³/mol. The van der Waals surface area contributed by atoms with E-state index in [9.17, 15) is 18.0 Å². The van der Waals surface area contributed by atoms with E-state index in [0.29, 0.717) is 11.6 Å². The SMILES string of the molecule is CNC(=O)[C@H](CS(C)(=O)=O)N(C)C1=NC(=O)SC1. The number of amidine groups is 1. The van der Waals surface area contributed by atoms with Crippen LogP contribution in [0.5, 0.6) is 0 Å². The Morgan fingerprint density at radius 2 is 2.22 bits per heavy atom. The summed E-state index contributed by atoms with van der Waals surface area (Å²) in [5.41, 5.74) is 0. The van der Waals surface area contributed by atoms with Gasteiger partial charge in [0.15, 0.2) is 0 Å². The van der Waals surface area contributed by atoms with E-state index in [-0.39, 0.29) is 11.0 Å². The van der Waals surface area contributed by atoms with E-state index >= 15 is 0 Å². The zero-order valence-corrected chi connectivity index (χ0v) is 12.0. The van der Waals surface area contributed by atoms with Crippen LogP contribution in [-0.2, 0) is 14.6 Å². The van der Waals surface area contributed by atoms with Crippen LogP contribution in [0.25, 0.3) is 0 Å². The third kappa shape index (κ3) is 3.98. The van der Waals surface area contributed by atoms with E-state index in [1.807, 2.05) is 0 Å². The van der Waals surface area contributed by atoms with Gasteiger partial charge in [0.25, 0.3) is 0 Å². The number of likely N-dealkylation sites (N-methyl/N-ethyl adjacent to an activating group) is 2. The lowest BCUT2D eigenvalue weighted by atomic mass is 10.2. The van der Waals surface area contributed by atoms with E-state index in [4.69, 9.17) is 0 Å². The van der Waals surface area contributed by atoms with Crippen molar-refractivity contribution in [3.05, 3.63) is 0 Å². The molecule has 0 saturated heterocycles. The average molecular weight is 293 g/mol. The molecule has 0 radical (unpaired) electrons. The van der Waals surface area contributed by atoms with Crippen LogP contribution in [0.4, 0.5) is 4.79 Å². The standard InChI is InChI=1S/C9H15N3O4S2/c1-10-8(13)6(5-18(3,15)16)12(2)7-4-17-9(14)11-7/h6H,4-5H2,1-3H3,(H,10,13)/t6-/m0/s1. The summed E-state index contributed by atoms with van der Waals surface area (Å²) in [6, 6.07) is -0.879. The fourth-order valence-corrected chi connectivity index (χ4v) is 3.11. The first kappa shape index (κ1) is 15.0. The van der Waals surface area contributed by atoms with Crippen LogP contribution in [0.3, 0.4) is 0 Å². The second-order valence-electron chi connectivity index (χ2n) is 3.92. The molecular weight excluding hydrogens is 278 g/mol. The number of sulfone groups is 1. The minimum absolute atomic E-state index is 0.318. The summed E-state index contributed by atoms with van der Waals surface area (Å²) in [7, 11) is -0.325. The van der Waals surface area contributed by atoms with E-state index in [2.05, 4.69) is 10.3 Å². The van der Waals surface area contributed by atoms with E-state index in [1.54, 1.807) is 7.05 Å². The van der Waals surface area contributed by atoms with Crippen molar-refractivity contribution in [3.8, 4) is 0 Å². The molecule has 1 rings (SSSR count). The quantitative estimate of drug-likeness (QED) is 0.739. The summed E-state index contributed by atoms with van der Waals surface area (Å²) in [6.07, 6.45) is 1.06. The van der Waals surface area contributed by atoms with Gasteiger partial charge in [0, 0.05) is 20.4 Å². The number of thioether (sulfide) groups is 1. The van der Waals surface area contributed by atoms with E-state index < -0.39 is 21.8 Å². The number of hydrogen-bond donors (Lipinski definition) is 1. The van der Waals surface area contributed by atoms with Gasteiger partial charge in [0.05, 0.1) is 11.5 Å². The Kier molecular flexibility index (Phi) is 4.74. The second kappa shape index (κ2) is 5.70. The monoisotopic (exact) mass is 293 g/mol. The fourth-order valence-electron chi connectivity index (χ4n) is 1.47. The minimum Gasteiger partial charge on any atom is -0.357 e. The number of nitrogens with zero attached hydrogens (tertiary/aromatic N) is 2. The Bertz CT molecular complexity index is 486. The van der Waals surface area contributed by atoms with Crippen LogP contribution < -0.4 is 5.32 Å². The Morgan fingerprint density at radius 1 is 1.61 bits per heavy atom. The Labute approximate surface area is 110 Å². The molecule has 0 aromatic carbocycles. The Morgan fingerprint density at radius 3 is 2.61 bits per heavy atom. The van der Waals surface area contributed by atoms with Crippen LogP contribution in [0, 0.1) is 0 Å². The average Bonchev–Trinajstić information content (AvgIpc) is 2.69. The molecular formula is C9H15N3O4S2. The highest BCUT2D eigenvalue weighted by molar-refractivity contribution is 8.14. The van der Waals surface area contributed by atoms with Crippen LogP contribution in [0.2, 0.25) is 0 Å². The lowest BCUT2D eigenvalue weighted by Gasteiger charge is -2.27. The van der Waals surface area contributed by atoms with Gasteiger partial charge in [-0.05, 0) is 0 Å². The first-order chi connectivity index (χ1) is 8.24. The zero-order chi connectivity index (χ0) is 13.9. The molecule has 2 amide bonds. The molecule has 1 N–H and O–H groups in total. The zero-order valence-electron chi connectivity index (χ0n) is 10.3. The third-order valence-corrected chi connectivity index (χ3v) is 4.09. The van der Waals surface area contributed by atoms with Crippen molar-refractivity contribution >= 4 is 38.6 Å². The fraction of sp³-hybridized carbons (Fsp3) is 0.667. The van der Waals surface area contributed by atoms with Crippen molar-refractivity contribution in [2.45, 2.75) is 6.04 Å². The van der Waals surface area contributed by atoms with Gasteiger partial charge in [0.1, 0.15) is 21.7 Å². The first-order valence-corrected chi connectivity index (χ1v) is 8.15. The maximum absolute atomic E-state index is 11.7. The van der Waals surface area contributed by atoms with Crippen LogP contribution in [0.1, 0.15) is 0 Å². The molecule has 0 aromatic rings. The lowest BCUT2D eigenvalue weighted by molar-refractivity contribution is -0.123. The molecule has 0 aromatic heterocycles. The molecule has 102 valence electrons. The topological polar surface area (TPSA) is 95.9 Å². The number of hydrogen-bond acceptors (Lipinski definition) is 6. The van der Waals surface area contributed by atoms with Crippen molar-refractivity contribution in [2.75, 3.05) is 31.9 Å². The molecule has 0 bridgehead atoms. The van der Waals surface area contributed by atoms with Gasteiger partial charge in [-0.15, -0.1) is 0 Å². The largest absolute Gasteiger partial charge is 0.357 e. The van der Waals surface area contributed by atoms with Crippen molar-refractivity contribution in [3.63, 3.8) is 0 Å². The number of carbonyl (C=O) groups excluding carboxylic acids is 2. The van der Waals surface area contributed by atoms with Gasteiger partial charge in [-0.25, -0.2) is 8.42 Å². The highest BCUT2D eigenvalue weighted by atomic mass is 32.2. The summed E-state index contributed by atoms with van der Waals surface area (Å²) < 4.78 is 22.7. The van der Waals surface area contributed by atoms with Crippen molar-refractivity contribution in [2.24, 2.45) is 4.99 Å². The van der Waals surface area contributed by atoms with Crippen LogP contribution in [0.15, 0.2) is 4.99 Å². The number of rotatable bonds is 4. The summed E-state index contributed by atoms with van der Waals surface area (Å²) in [5, 5.41) is 2.08. The summed E-state index contributed by atoms with van der Waals surface area (Å²) in [4.78, 5) is 27.9. The molecule has 0 fully saturated rings. The van der Waals surface area contributed by atoms with Gasteiger partial charge in [-0.3, -0.25) is 9.59 Å². The Balaban J connectivity index is 2.93. The minimum atomic E-state index is -3.32. The lowest BCUT2D eigenvalue weighted by Crippen LogP contribution is -2.50. The molecule has 1 heterocycles. The molecule has 1 atom stereocenters. The molecule has 0 spiro atoms. The third-order valence-electron chi connectivity index (χ3n) is 2.43. The highest BCUT2D eigenvalue weighted by Gasteiger charge is 2.30. The van der Waals surface area contributed by atoms with E-state index in [1.165, 1.54) is 11.9 Å². The Hall–Kier alpha value is -1.09. The molecule has 0 saturated carbocycles. The van der Waals surface area contributed by atoms with Gasteiger partial charge in [-0.2, -0.15) is 4.99 Å². The molecule has 1 aliphatic rings. The molecule has 1 aliphatic heterocycles. The maximum atomic E-state index is 11.7. The van der Waals surface area contributed by atoms with Crippen molar-refractivity contribution in [1.29, 1.82) is 0 Å². The first-order valence-electron chi connectivity index (χ1n) is 5.11. The number of nitrogens with one attached hydrogen (secondary N) is 1. The predicted octanol–water partition coefficient (Wildman–Crippen LogP) is -0.657. The summed E-state index contributed by atoms with van der Waals surface area (Å²) in [6.45, 7) is 0. The van der Waals surface area contributed by atoms with Gasteiger partial charge in [0.2, 0.25) is 5.91 Å². The molecule has 9 heteroatoms. The summed E-state index contributed by atoms with van der Waals surface area (Å²) in [5.74, 6) is 0.0328. The number of aliphatic imine (C=N–C) groups is 1. The van der Waals surface area contributed by atoms with Crippen molar-refractivity contribution in [1.82, 2.24) is 10.2 Å². The molecule has 0 aliphatic carbocycles. The van der Waals surface area contributed by atoms with Gasteiger partial charge in [-0.1, -0.05) is 11.8 Å². The number of amides is 2. The van der Waals surface area contributed by atoms with Crippen molar-refractivity contribution < 1.29 is 18.0 Å². The molecule has 7 nitrogen and oxygen atoms in total. The normalized spacial score (nSPS) is 17.3.